The number of nitrogens with zero attached hydrogens (tertiary/aromatic N) is 4. The van der Waals surface area contributed by atoms with E-state index in [0.29, 0.717) is 0 Å². The van der Waals surface area contributed by atoms with Crippen molar-refractivity contribution in [1.29, 1.82) is 0 Å². The first-order chi connectivity index (χ1) is 10.1. The minimum absolute atomic E-state index is 0.0430. The van der Waals surface area contributed by atoms with Gasteiger partial charge in [-0.1, -0.05) is 6.07 Å². The molecule has 21 heavy (non-hydrogen) atoms. The molecule has 3 rings (SSSR count). The Kier molecular flexibility index (Phi) is 4.03. The zero-order valence-electron chi connectivity index (χ0n) is 12.9. The molecule has 0 aliphatic carbocycles. The molecule has 5 heteroatoms. The first-order valence-electron chi connectivity index (χ1n) is 7.38. The summed E-state index contributed by atoms with van der Waals surface area (Å²) in [7, 11) is 2.03. The lowest BCUT2D eigenvalue weighted by molar-refractivity contribution is -0.0388. The summed E-state index contributed by atoms with van der Waals surface area (Å²) in [4.78, 5) is 11.5. The summed E-state index contributed by atoms with van der Waals surface area (Å²) in [6, 6.07) is 4.10. The van der Waals surface area contributed by atoms with Gasteiger partial charge in [0.2, 0.25) is 0 Å². The topological polar surface area (TPSA) is 43.2 Å². The van der Waals surface area contributed by atoms with E-state index in [1.54, 1.807) is 0 Å². The maximum absolute atomic E-state index is 5.91. The number of pyridine rings is 1. The van der Waals surface area contributed by atoms with E-state index in [2.05, 4.69) is 32.4 Å². The second-order valence-corrected chi connectivity index (χ2v) is 5.71. The molecular weight excluding hydrogens is 264 g/mol. The maximum atomic E-state index is 5.91. The van der Waals surface area contributed by atoms with Gasteiger partial charge >= 0.3 is 0 Å². The quantitative estimate of drug-likeness (QED) is 0.865. The van der Waals surface area contributed by atoms with Gasteiger partial charge in [-0.2, -0.15) is 0 Å². The first-order valence-corrected chi connectivity index (χ1v) is 7.38. The van der Waals surface area contributed by atoms with Crippen molar-refractivity contribution in [3.05, 3.63) is 47.3 Å². The maximum Gasteiger partial charge on any atom is 0.139 e. The van der Waals surface area contributed by atoms with E-state index in [9.17, 15) is 0 Å². The minimum atomic E-state index is 0.0430. The molecule has 0 aromatic carbocycles. The van der Waals surface area contributed by atoms with Crippen molar-refractivity contribution in [3.8, 4) is 0 Å². The molecule has 1 aliphatic heterocycles. The summed E-state index contributed by atoms with van der Waals surface area (Å²) in [5.41, 5.74) is 3.43. The molecule has 112 valence electrons. The third-order valence-electron chi connectivity index (χ3n) is 3.96. The van der Waals surface area contributed by atoms with Crippen molar-refractivity contribution >= 4 is 0 Å². The molecule has 5 nitrogen and oxygen atoms in total. The molecule has 1 atom stereocenters. The summed E-state index contributed by atoms with van der Waals surface area (Å²) in [6.45, 7) is 7.54. The lowest BCUT2D eigenvalue weighted by Gasteiger charge is -2.32. The average molecular weight is 286 g/mol. The molecule has 1 saturated heterocycles. The highest BCUT2D eigenvalue weighted by Gasteiger charge is 2.25. The predicted molar refractivity (Wildman–Crippen MR) is 80.9 cm³/mol. The SMILES string of the molecule is Cc1cn(C)c([C@@H]2CN(Cc3ncccc3C)CCO2)n1. The van der Waals surface area contributed by atoms with Crippen LogP contribution in [-0.2, 0) is 18.3 Å². The van der Waals surface area contributed by atoms with Crippen LogP contribution in [0.1, 0.15) is 28.9 Å². The van der Waals surface area contributed by atoms with Crippen LogP contribution < -0.4 is 0 Å². The molecular formula is C16H22N4O. The van der Waals surface area contributed by atoms with Crippen molar-refractivity contribution < 1.29 is 4.74 Å². The summed E-state index contributed by atoms with van der Waals surface area (Å²) in [5, 5.41) is 0. The number of ether oxygens (including phenoxy) is 1. The monoisotopic (exact) mass is 286 g/mol. The molecule has 2 aromatic heterocycles. The number of morpholine rings is 1. The van der Waals surface area contributed by atoms with E-state index in [4.69, 9.17) is 4.74 Å². The fourth-order valence-electron chi connectivity index (χ4n) is 2.83. The Bertz CT molecular complexity index is 622. The first kappa shape index (κ1) is 14.2. The Hall–Kier alpha value is -1.72. The van der Waals surface area contributed by atoms with E-state index in [-0.39, 0.29) is 6.10 Å². The second kappa shape index (κ2) is 5.95. The van der Waals surface area contributed by atoms with E-state index in [1.807, 2.05) is 32.4 Å². The zero-order valence-corrected chi connectivity index (χ0v) is 12.9. The minimum Gasteiger partial charge on any atom is -0.368 e. The van der Waals surface area contributed by atoms with Gasteiger partial charge in [0.1, 0.15) is 11.9 Å². The zero-order chi connectivity index (χ0) is 14.8. The summed E-state index contributed by atoms with van der Waals surface area (Å²) >= 11 is 0. The molecule has 0 amide bonds. The van der Waals surface area contributed by atoms with Crippen LogP contribution in [0, 0.1) is 13.8 Å². The fourth-order valence-corrected chi connectivity index (χ4v) is 2.83. The number of aryl methyl sites for hydroxylation is 3. The lowest BCUT2D eigenvalue weighted by Crippen LogP contribution is -2.39. The van der Waals surface area contributed by atoms with Crippen molar-refractivity contribution in [1.82, 2.24) is 19.4 Å². The smallest absolute Gasteiger partial charge is 0.139 e. The van der Waals surface area contributed by atoms with Crippen LogP contribution in [0.3, 0.4) is 0 Å². The Morgan fingerprint density at radius 3 is 2.95 bits per heavy atom. The van der Waals surface area contributed by atoms with Crippen LogP contribution in [0.5, 0.6) is 0 Å². The summed E-state index contributed by atoms with van der Waals surface area (Å²) in [6.07, 6.45) is 3.95. The van der Waals surface area contributed by atoms with E-state index in [1.165, 1.54) is 5.56 Å². The van der Waals surface area contributed by atoms with Gasteiger partial charge in [-0.15, -0.1) is 0 Å². The summed E-state index contributed by atoms with van der Waals surface area (Å²) in [5.74, 6) is 1.01. The summed E-state index contributed by atoms with van der Waals surface area (Å²) < 4.78 is 7.98. The number of imidazole rings is 1. The Morgan fingerprint density at radius 1 is 1.38 bits per heavy atom. The number of hydrogen-bond acceptors (Lipinski definition) is 4. The van der Waals surface area contributed by atoms with Crippen molar-refractivity contribution in [2.45, 2.75) is 26.5 Å². The normalized spacial score (nSPS) is 19.9. The Balaban J connectivity index is 1.71. The molecule has 1 fully saturated rings. The molecule has 0 saturated carbocycles. The Labute approximate surface area is 125 Å². The average Bonchev–Trinajstić information content (AvgIpc) is 2.81. The van der Waals surface area contributed by atoms with E-state index >= 15 is 0 Å². The van der Waals surface area contributed by atoms with Gasteiger partial charge < -0.3 is 9.30 Å². The van der Waals surface area contributed by atoms with Crippen LogP contribution in [0.2, 0.25) is 0 Å². The van der Waals surface area contributed by atoms with Gasteiger partial charge in [-0.25, -0.2) is 4.98 Å². The molecule has 0 unspecified atom stereocenters. The number of aromatic nitrogens is 3. The number of rotatable bonds is 3. The third kappa shape index (κ3) is 3.14. The number of hydrogen-bond donors (Lipinski definition) is 0. The second-order valence-electron chi connectivity index (χ2n) is 5.71. The molecule has 2 aromatic rings. The van der Waals surface area contributed by atoms with Gasteiger partial charge in [-0.05, 0) is 25.5 Å². The highest BCUT2D eigenvalue weighted by Crippen LogP contribution is 2.22. The molecule has 0 N–H and O–H groups in total. The molecule has 3 heterocycles. The van der Waals surface area contributed by atoms with Gasteiger partial charge in [-0.3, -0.25) is 9.88 Å². The standard InChI is InChI=1S/C16H22N4O/c1-12-5-4-6-17-14(12)10-20-7-8-21-15(11-20)16-18-13(2)9-19(16)3/h4-6,9,15H,7-8,10-11H2,1-3H3/t15-/m0/s1. The van der Waals surface area contributed by atoms with Crippen LogP contribution in [0.25, 0.3) is 0 Å². The van der Waals surface area contributed by atoms with Gasteiger partial charge in [0.05, 0.1) is 18.0 Å². The fraction of sp³-hybridized carbons (Fsp3) is 0.500. The molecule has 0 radical (unpaired) electrons. The van der Waals surface area contributed by atoms with Gasteiger partial charge in [0.25, 0.3) is 0 Å². The highest BCUT2D eigenvalue weighted by atomic mass is 16.5. The van der Waals surface area contributed by atoms with Gasteiger partial charge in [0, 0.05) is 39.1 Å². The molecule has 1 aliphatic rings. The predicted octanol–water partition coefficient (Wildman–Crippen LogP) is 2.01. The van der Waals surface area contributed by atoms with E-state index in [0.717, 1.165) is 43.5 Å². The van der Waals surface area contributed by atoms with Crippen LogP contribution in [0.4, 0.5) is 0 Å². The Morgan fingerprint density at radius 2 is 2.24 bits per heavy atom. The van der Waals surface area contributed by atoms with E-state index < -0.39 is 0 Å². The molecule has 0 bridgehead atoms. The van der Waals surface area contributed by atoms with Crippen molar-refractivity contribution in [3.63, 3.8) is 0 Å². The van der Waals surface area contributed by atoms with Crippen LogP contribution in [-0.4, -0.2) is 39.1 Å². The van der Waals surface area contributed by atoms with Crippen molar-refractivity contribution in [2.24, 2.45) is 7.05 Å². The molecule has 0 spiro atoms. The van der Waals surface area contributed by atoms with Crippen LogP contribution >= 0.6 is 0 Å². The highest BCUT2D eigenvalue weighted by molar-refractivity contribution is 5.17. The third-order valence-corrected chi connectivity index (χ3v) is 3.96. The lowest BCUT2D eigenvalue weighted by atomic mass is 10.2. The van der Waals surface area contributed by atoms with Gasteiger partial charge in [0.15, 0.2) is 0 Å². The van der Waals surface area contributed by atoms with Crippen molar-refractivity contribution in [2.75, 3.05) is 19.7 Å². The largest absolute Gasteiger partial charge is 0.368 e. The van der Waals surface area contributed by atoms with Crippen LogP contribution in [0.15, 0.2) is 24.5 Å².